The van der Waals surface area contributed by atoms with Crippen LogP contribution in [-0.4, -0.2) is 190 Å². The molecule has 1 aromatic carbocycles. The lowest BCUT2D eigenvalue weighted by Gasteiger charge is -2.59. The number of carbonyl (C=O) groups excluding carboxylic acids is 3. The molecule has 11 rings (SSSR count). The van der Waals surface area contributed by atoms with Gasteiger partial charge in [0.05, 0.1) is 55.2 Å². The minimum atomic E-state index is -0.732. The summed E-state index contributed by atoms with van der Waals surface area (Å²) < 4.78 is 24.6. The Morgan fingerprint density at radius 2 is 1.63 bits per heavy atom. The van der Waals surface area contributed by atoms with Crippen molar-refractivity contribution in [1.29, 1.82) is 0 Å². The van der Waals surface area contributed by atoms with Crippen molar-refractivity contribution in [3.05, 3.63) is 41.7 Å². The molecule has 0 bridgehead atoms. The zero-order valence-corrected chi connectivity index (χ0v) is 50.7. The average Bonchev–Trinajstić information content (AvgIpc) is 3.77. The Balaban J connectivity index is 0.00000176. The maximum Gasteiger partial charge on any atom is 0.293 e. The number of aryl methyl sites for hydroxylation is 1. The van der Waals surface area contributed by atoms with E-state index < -0.39 is 6.04 Å². The first-order valence-electron chi connectivity index (χ1n) is 31.7. The highest BCUT2D eigenvalue weighted by molar-refractivity contribution is 5.95. The van der Waals surface area contributed by atoms with Gasteiger partial charge in [0.15, 0.2) is 0 Å². The second-order valence-corrected chi connectivity index (χ2v) is 26.4. The highest BCUT2D eigenvalue weighted by Crippen LogP contribution is 2.45. The number of nitrogens with zero attached hydrogens (tertiary/aromatic N) is 8. The van der Waals surface area contributed by atoms with Crippen LogP contribution in [0.3, 0.4) is 0 Å². The fraction of sp³-hybridized carbons (Fsp3) is 0.750. The van der Waals surface area contributed by atoms with Gasteiger partial charge in [0.25, 0.3) is 12.4 Å². The molecule has 6 saturated heterocycles. The minimum Gasteiger partial charge on any atom is -0.467 e. The molecule has 8 heterocycles. The van der Waals surface area contributed by atoms with Gasteiger partial charge >= 0.3 is 0 Å². The van der Waals surface area contributed by atoms with Crippen LogP contribution in [0.5, 0.6) is 0 Å². The molecule has 2 N–H and O–H groups in total. The van der Waals surface area contributed by atoms with Gasteiger partial charge in [-0.05, 0) is 146 Å². The number of fused-ring (bicyclic) bond motifs is 1. The SMILES string of the molecule is C1COC1.CCCN(CC(C)C(C(NC(=O)C(C1CCCC1)N1CCCC1)C(=O)N1CCCC(C)N1)N1CC2(COC2)C1)c1ccc2c(c1)c(CC(C)(C)COC=O)c(-c1cc(N3CCN(C4CC4)CC3)cnc1C(C)OC)n2CC. The van der Waals surface area contributed by atoms with Crippen LogP contribution in [0, 0.1) is 22.7 Å². The number of nitrogens with one attached hydrogen (secondary N) is 2. The van der Waals surface area contributed by atoms with Crippen LogP contribution in [0.25, 0.3) is 22.2 Å². The number of hydrogen-bond donors (Lipinski definition) is 2. The standard InChI is InChI=1S/C61H94N10O6.C3H6O/c1-9-23-68(35-42(3)55(69-36-61(37-69)39-76-40-61)54(59(74)71-26-15-16-43(4)64-71)63-58(73)56(45-17-11-12-18-45)67-24-13-14-25-67)47-21-22-52-49(31-47)51(33-60(6,7)38-77-41-72)57(70(52)10-2)50-32-48(34-62-53(50)44(5)75-8)66-29-27-65(28-30-66)46-19-20-46;1-2-4-3-1/h21-22,31-32,34,41-46,54-56,64H,9-20,23-30,33,35-40H2,1-8H3,(H,63,73);1-3H2. The minimum absolute atomic E-state index is 0.0171. The number of carbonyl (C=O) groups is 3. The molecule has 2 amide bonds. The van der Waals surface area contributed by atoms with Gasteiger partial charge in [0, 0.05) is 137 Å². The molecule has 3 aromatic rings. The normalized spacial score (nSPS) is 23.6. The molecule has 0 radical (unpaired) electrons. The Bertz CT molecular complexity index is 2550. The first-order chi connectivity index (χ1) is 39.2. The van der Waals surface area contributed by atoms with E-state index in [1.807, 2.05) is 11.2 Å². The number of hydrogen-bond acceptors (Lipinski definition) is 14. The van der Waals surface area contributed by atoms with Crippen LogP contribution >= 0.6 is 0 Å². The van der Waals surface area contributed by atoms with Gasteiger partial charge in [-0.2, -0.15) is 0 Å². The van der Waals surface area contributed by atoms with Crippen LogP contribution < -0.4 is 20.5 Å². The quantitative estimate of drug-likeness (QED) is 0.0833. The van der Waals surface area contributed by atoms with Crippen LogP contribution in [0.1, 0.15) is 143 Å². The number of pyridine rings is 1. The third-order valence-electron chi connectivity index (χ3n) is 19.4. The number of likely N-dealkylation sites (tertiary alicyclic amines) is 2. The predicted octanol–water partition coefficient (Wildman–Crippen LogP) is 8.07. The largest absolute Gasteiger partial charge is 0.467 e. The second kappa shape index (κ2) is 26.7. The number of amides is 2. The Hall–Kier alpha value is -4.36. The van der Waals surface area contributed by atoms with E-state index in [9.17, 15) is 4.79 Å². The fourth-order valence-corrected chi connectivity index (χ4v) is 14.8. The van der Waals surface area contributed by atoms with Gasteiger partial charge in [-0.25, -0.2) is 5.43 Å². The average molecular weight is 1120 g/mol. The van der Waals surface area contributed by atoms with Gasteiger partial charge in [-0.1, -0.05) is 40.5 Å². The van der Waals surface area contributed by atoms with E-state index in [0.717, 1.165) is 190 Å². The Morgan fingerprint density at radius 1 is 0.914 bits per heavy atom. The molecule has 17 heteroatoms. The number of methoxy groups -OCH3 is 1. The molecule has 2 aromatic heterocycles. The smallest absolute Gasteiger partial charge is 0.293 e. The number of hydrazine groups is 1. The molecule has 8 fully saturated rings. The number of aromatic nitrogens is 2. The van der Waals surface area contributed by atoms with Crippen molar-refractivity contribution >= 4 is 40.6 Å². The summed E-state index contributed by atoms with van der Waals surface area (Å²) in [5.74, 6) is 0.295. The molecule has 81 heavy (non-hydrogen) atoms. The molecule has 448 valence electrons. The third kappa shape index (κ3) is 13.6. The molecule has 2 saturated carbocycles. The molecule has 8 aliphatic rings. The van der Waals surface area contributed by atoms with Crippen LogP contribution in [0.15, 0.2) is 30.5 Å². The van der Waals surface area contributed by atoms with Crippen LogP contribution in [-0.2, 0) is 46.3 Å². The zero-order chi connectivity index (χ0) is 56.8. The van der Waals surface area contributed by atoms with E-state index in [0.29, 0.717) is 31.9 Å². The number of piperazine rings is 1. The summed E-state index contributed by atoms with van der Waals surface area (Å²) >= 11 is 0. The summed E-state index contributed by atoms with van der Waals surface area (Å²) in [5, 5.41) is 6.63. The van der Waals surface area contributed by atoms with Crippen molar-refractivity contribution in [2.45, 2.75) is 175 Å². The Morgan fingerprint density at radius 3 is 2.23 bits per heavy atom. The maximum absolute atomic E-state index is 15.5. The molecule has 6 aliphatic heterocycles. The molecule has 1 spiro atoms. The Labute approximate surface area is 484 Å². The first kappa shape index (κ1) is 59.8. The van der Waals surface area contributed by atoms with E-state index in [-0.39, 0.29) is 59.4 Å². The highest BCUT2D eigenvalue weighted by atomic mass is 16.5. The van der Waals surface area contributed by atoms with E-state index in [2.05, 4.69) is 113 Å². The van der Waals surface area contributed by atoms with Crippen molar-refractivity contribution in [2.75, 3.05) is 122 Å². The van der Waals surface area contributed by atoms with Crippen molar-refractivity contribution in [3.63, 3.8) is 0 Å². The van der Waals surface area contributed by atoms with E-state index >= 15 is 9.59 Å². The lowest BCUT2D eigenvalue weighted by molar-refractivity contribution is -0.205. The van der Waals surface area contributed by atoms with Gasteiger partial charge < -0.3 is 38.6 Å². The van der Waals surface area contributed by atoms with Gasteiger partial charge in [-0.3, -0.25) is 39.1 Å². The van der Waals surface area contributed by atoms with Crippen molar-refractivity contribution < 1.29 is 33.3 Å². The molecule has 6 atom stereocenters. The van der Waals surface area contributed by atoms with Crippen LogP contribution in [0.4, 0.5) is 11.4 Å². The lowest BCUT2D eigenvalue weighted by atomic mass is 9.74. The Kier molecular flexibility index (Phi) is 19.7. The molecular formula is C64H100N10O7. The summed E-state index contributed by atoms with van der Waals surface area (Å²) in [6.07, 6.45) is 15.9. The lowest BCUT2D eigenvalue weighted by Crippen LogP contribution is -2.74. The summed E-state index contributed by atoms with van der Waals surface area (Å²) in [5.41, 5.74) is 11.0. The molecule has 17 nitrogen and oxygen atoms in total. The summed E-state index contributed by atoms with van der Waals surface area (Å²) in [6, 6.07) is 9.09. The maximum atomic E-state index is 15.5. The number of ether oxygens (including phenoxy) is 4. The summed E-state index contributed by atoms with van der Waals surface area (Å²) in [6.45, 7) is 30.2. The molecular weight excluding hydrogens is 1020 g/mol. The van der Waals surface area contributed by atoms with Gasteiger partial charge in [0.1, 0.15) is 6.04 Å². The number of benzene rings is 1. The van der Waals surface area contributed by atoms with Crippen molar-refractivity contribution in [3.8, 4) is 11.3 Å². The summed E-state index contributed by atoms with van der Waals surface area (Å²) in [7, 11) is 1.76. The number of anilines is 2. The third-order valence-corrected chi connectivity index (χ3v) is 19.4. The van der Waals surface area contributed by atoms with Crippen molar-refractivity contribution in [1.82, 2.24) is 40.0 Å². The molecule has 2 aliphatic carbocycles. The zero-order valence-electron chi connectivity index (χ0n) is 50.7. The number of rotatable bonds is 24. The topological polar surface area (TPSA) is 149 Å². The monoisotopic (exact) mass is 1120 g/mol. The second-order valence-electron chi connectivity index (χ2n) is 26.4. The van der Waals surface area contributed by atoms with E-state index in [4.69, 9.17) is 23.9 Å². The van der Waals surface area contributed by atoms with E-state index in [1.54, 1.807) is 7.11 Å². The predicted molar refractivity (Wildman–Crippen MR) is 320 cm³/mol. The van der Waals surface area contributed by atoms with Crippen LogP contribution in [0.2, 0.25) is 0 Å². The summed E-state index contributed by atoms with van der Waals surface area (Å²) in [4.78, 5) is 60.3. The highest BCUT2D eigenvalue weighted by Gasteiger charge is 2.55. The fourth-order valence-electron chi connectivity index (χ4n) is 14.8. The van der Waals surface area contributed by atoms with Gasteiger partial charge in [0.2, 0.25) is 5.91 Å². The van der Waals surface area contributed by atoms with Crippen molar-refractivity contribution in [2.24, 2.45) is 22.7 Å². The first-order valence-corrected chi connectivity index (χ1v) is 31.7. The van der Waals surface area contributed by atoms with Gasteiger partial charge in [-0.15, -0.1) is 0 Å². The van der Waals surface area contributed by atoms with E-state index in [1.165, 1.54) is 30.2 Å². The molecule has 6 unspecified atom stereocenters.